The SMILES string of the molecule is CCc1nc(CN2CCS(O)(O)CC2)c2c(c1NC13CC4CC(F)(CC(F)(C4)C1)C3)CCCC2. The zero-order chi connectivity index (χ0) is 23.8. The van der Waals surface area contributed by atoms with Crippen LogP contribution in [0.3, 0.4) is 0 Å². The first-order valence-corrected chi connectivity index (χ1v) is 15.1. The largest absolute Gasteiger partial charge is 0.378 e. The number of rotatable bonds is 5. The maximum absolute atomic E-state index is 15.6. The number of halogens is 2. The van der Waals surface area contributed by atoms with Crippen LogP contribution in [-0.2, 0) is 25.8 Å². The molecule has 5 fully saturated rings. The number of fused-ring (bicyclic) bond motifs is 1. The molecule has 34 heavy (non-hydrogen) atoms. The molecular weight excluding hydrogens is 456 g/mol. The van der Waals surface area contributed by atoms with Crippen LogP contribution in [0, 0.1) is 5.92 Å². The zero-order valence-electron chi connectivity index (χ0n) is 20.3. The van der Waals surface area contributed by atoms with Crippen molar-refractivity contribution in [3.05, 3.63) is 22.5 Å². The molecular formula is C26H39F2N3O2S. The molecule has 2 heterocycles. The van der Waals surface area contributed by atoms with Gasteiger partial charge in [0, 0.05) is 44.4 Å². The van der Waals surface area contributed by atoms with E-state index in [9.17, 15) is 9.11 Å². The number of aromatic nitrogens is 1. The Bertz CT molecular complexity index is 961. The highest BCUT2D eigenvalue weighted by molar-refractivity contribution is 8.24. The van der Waals surface area contributed by atoms with Gasteiger partial charge in [0.2, 0.25) is 0 Å². The van der Waals surface area contributed by atoms with Gasteiger partial charge in [-0.15, -0.1) is 0 Å². The highest BCUT2D eigenvalue weighted by atomic mass is 32.3. The molecule has 0 radical (unpaired) electrons. The van der Waals surface area contributed by atoms with Crippen LogP contribution >= 0.6 is 10.6 Å². The Morgan fingerprint density at radius 1 is 0.971 bits per heavy atom. The Labute approximate surface area is 203 Å². The topological polar surface area (TPSA) is 68.6 Å². The first-order chi connectivity index (χ1) is 16.1. The fourth-order valence-electron chi connectivity index (χ4n) is 8.24. The number of hydrogen-bond donors (Lipinski definition) is 3. The minimum atomic E-state index is -2.41. The summed E-state index contributed by atoms with van der Waals surface area (Å²) < 4.78 is 51.3. The third kappa shape index (κ3) is 4.16. The van der Waals surface area contributed by atoms with E-state index in [0.29, 0.717) is 50.3 Å². The van der Waals surface area contributed by atoms with Gasteiger partial charge in [0.05, 0.1) is 28.6 Å². The molecule has 3 N–H and O–H groups in total. The fourth-order valence-corrected chi connectivity index (χ4v) is 9.54. The van der Waals surface area contributed by atoms with E-state index >= 15 is 8.78 Å². The first-order valence-electron chi connectivity index (χ1n) is 13.2. The molecule has 1 aromatic heterocycles. The second-order valence-electron chi connectivity index (χ2n) is 12.1. The fraction of sp³-hybridized carbons (Fsp3) is 0.808. The normalized spacial score (nSPS) is 39.6. The van der Waals surface area contributed by atoms with E-state index in [1.54, 1.807) is 0 Å². The van der Waals surface area contributed by atoms with E-state index in [1.807, 2.05) is 0 Å². The Morgan fingerprint density at radius 2 is 1.62 bits per heavy atom. The van der Waals surface area contributed by atoms with Crippen molar-refractivity contribution in [2.24, 2.45) is 5.92 Å². The van der Waals surface area contributed by atoms with Crippen molar-refractivity contribution in [1.82, 2.24) is 9.88 Å². The minimum Gasteiger partial charge on any atom is -0.378 e. The number of pyridine rings is 1. The Kier molecular flexibility index (Phi) is 5.53. The van der Waals surface area contributed by atoms with Crippen molar-refractivity contribution < 1.29 is 17.9 Å². The number of alkyl halides is 2. The van der Waals surface area contributed by atoms with E-state index in [-0.39, 0.29) is 12.3 Å². The molecule has 5 nitrogen and oxygen atoms in total. The van der Waals surface area contributed by atoms with Gasteiger partial charge >= 0.3 is 0 Å². The summed E-state index contributed by atoms with van der Waals surface area (Å²) in [5.41, 5.74) is 2.62. The van der Waals surface area contributed by atoms with E-state index in [2.05, 4.69) is 17.1 Å². The van der Waals surface area contributed by atoms with Gasteiger partial charge in [-0.3, -0.25) is 19.0 Å². The predicted molar refractivity (Wildman–Crippen MR) is 133 cm³/mol. The van der Waals surface area contributed by atoms with Crippen LogP contribution in [0.4, 0.5) is 14.5 Å². The molecule has 1 aromatic rings. The summed E-state index contributed by atoms with van der Waals surface area (Å²) in [6.07, 6.45) is 7.87. The van der Waals surface area contributed by atoms with Gasteiger partial charge in [-0.05, 0) is 68.4 Å². The summed E-state index contributed by atoms with van der Waals surface area (Å²) >= 11 is 0. The summed E-state index contributed by atoms with van der Waals surface area (Å²) in [5, 5.41) is 3.81. The van der Waals surface area contributed by atoms with Gasteiger partial charge in [0.15, 0.2) is 0 Å². The third-order valence-electron chi connectivity index (χ3n) is 9.18. The van der Waals surface area contributed by atoms with Crippen molar-refractivity contribution >= 4 is 16.3 Å². The second kappa shape index (κ2) is 8.02. The van der Waals surface area contributed by atoms with Crippen LogP contribution in [0.5, 0.6) is 0 Å². The number of hydrogen-bond acceptors (Lipinski definition) is 5. The maximum Gasteiger partial charge on any atom is 0.116 e. The van der Waals surface area contributed by atoms with Crippen molar-refractivity contribution in [2.45, 2.75) is 101 Å². The first kappa shape index (κ1) is 23.4. The molecule has 0 aromatic carbocycles. The Hall–Kier alpha value is -0.960. The van der Waals surface area contributed by atoms with E-state index in [4.69, 9.17) is 4.98 Å². The summed E-state index contributed by atoms with van der Waals surface area (Å²) in [6, 6.07) is 0. The van der Waals surface area contributed by atoms with Gasteiger partial charge in [-0.25, -0.2) is 8.78 Å². The number of anilines is 1. The third-order valence-corrected chi connectivity index (χ3v) is 10.8. The van der Waals surface area contributed by atoms with Gasteiger partial charge in [0.25, 0.3) is 0 Å². The average Bonchev–Trinajstić information content (AvgIpc) is 2.74. The molecule has 7 rings (SSSR count). The van der Waals surface area contributed by atoms with Crippen molar-refractivity contribution in [3.63, 3.8) is 0 Å². The highest BCUT2D eigenvalue weighted by Gasteiger charge is 2.65. The van der Waals surface area contributed by atoms with E-state index < -0.39 is 27.5 Å². The molecule has 0 amide bonds. The standard InChI is InChI=1S/C26H39F2N3O2S/c1-2-21-23(30-26-13-18-11-24(27,16-26)15-25(28,12-18)17-26)20-6-4-3-5-19(20)22(29-21)14-31-7-9-34(32,33)10-8-31/h18,30,32-33H,2-17H2,1H3. The molecule has 4 saturated carbocycles. The molecule has 8 heteroatoms. The summed E-state index contributed by atoms with van der Waals surface area (Å²) in [4.78, 5) is 7.45. The smallest absolute Gasteiger partial charge is 0.116 e. The summed E-state index contributed by atoms with van der Waals surface area (Å²) in [7, 11) is -2.41. The molecule has 0 spiro atoms. The number of aryl methyl sites for hydroxylation is 1. The quantitative estimate of drug-likeness (QED) is 0.492. The van der Waals surface area contributed by atoms with Gasteiger partial charge < -0.3 is 5.32 Å². The van der Waals surface area contributed by atoms with Crippen molar-refractivity contribution in [2.75, 3.05) is 29.9 Å². The molecule has 6 aliphatic rings. The zero-order valence-corrected chi connectivity index (χ0v) is 21.2. The predicted octanol–water partition coefficient (Wildman–Crippen LogP) is 5.65. The van der Waals surface area contributed by atoms with E-state index in [1.165, 1.54) is 11.1 Å². The molecule has 5 aliphatic carbocycles. The van der Waals surface area contributed by atoms with Gasteiger partial charge in [-0.2, -0.15) is 10.6 Å². The maximum atomic E-state index is 15.6. The van der Waals surface area contributed by atoms with Crippen LogP contribution in [0.15, 0.2) is 0 Å². The molecule has 1 aliphatic heterocycles. The lowest BCUT2D eigenvalue weighted by molar-refractivity contribution is -0.137. The molecule has 4 bridgehead atoms. The van der Waals surface area contributed by atoms with Crippen molar-refractivity contribution in [3.8, 4) is 0 Å². The summed E-state index contributed by atoms with van der Waals surface area (Å²) in [6.45, 7) is 4.22. The Morgan fingerprint density at radius 3 is 2.24 bits per heavy atom. The van der Waals surface area contributed by atoms with E-state index in [0.717, 1.165) is 62.1 Å². The molecule has 1 saturated heterocycles. The second-order valence-corrected chi connectivity index (χ2v) is 14.5. The summed E-state index contributed by atoms with van der Waals surface area (Å²) in [5.74, 6) is 1.02. The van der Waals surface area contributed by atoms with Gasteiger partial charge in [0.1, 0.15) is 11.3 Å². The molecule has 2 unspecified atom stereocenters. The lowest BCUT2D eigenvalue weighted by Crippen LogP contribution is -2.65. The van der Waals surface area contributed by atoms with Crippen molar-refractivity contribution in [1.29, 1.82) is 0 Å². The monoisotopic (exact) mass is 495 g/mol. The van der Waals surface area contributed by atoms with Gasteiger partial charge in [-0.1, -0.05) is 6.92 Å². The Balaban J connectivity index is 1.33. The molecule has 2 atom stereocenters. The molecule has 190 valence electrons. The van der Waals surface area contributed by atoms with Crippen LogP contribution in [0.1, 0.15) is 80.8 Å². The number of nitrogens with one attached hydrogen (secondary N) is 1. The van der Waals surface area contributed by atoms with Crippen LogP contribution in [0.2, 0.25) is 0 Å². The number of nitrogens with zero attached hydrogens (tertiary/aromatic N) is 2. The lowest BCUT2D eigenvalue weighted by atomic mass is 9.50. The minimum absolute atomic E-state index is 0.0797. The highest BCUT2D eigenvalue weighted by Crippen LogP contribution is 2.63. The average molecular weight is 496 g/mol. The van der Waals surface area contributed by atoms with Crippen LogP contribution in [-0.4, -0.2) is 60.5 Å². The van der Waals surface area contributed by atoms with Crippen LogP contribution in [0.25, 0.3) is 0 Å². The lowest BCUT2D eigenvalue weighted by Gasteiger charge is -2.61. The van der Waals surface area contributed by atoms with Crippen LogP contribution < -0.4 is 5.32 Å².